The molecule has 1 aliphatic heterocycles. The number of hydrogen-bond donors (Lipinski definition) is 1. The Labute approximate surface area is 176 Å². The van der Waals surface area contributed by atoms with Gasteiger partial charge in [0.2, 0.25) is 0 Å². The lowest BCUT2D eigenvalue weighted by Crippen LogP contribution is -2.47. The number of nitrogens with zero attached hydrogens (tertiary/aromatic N) is 2. The molecule has 0 spiro atoms. The summed E-state index contributed by atoms with van der Waals surface area (Å²) < 4.78 is 16.8. The number of nitrogens with one attached hydrogen (secondary N) is 1. The van der Waals surface area contributed by atoms with Crippen molar-refractivity contribution >= 4 is 5.96 Å². The van der Waals surface area contributed by atoms with Crippen molar-refractivity contribution in [3.05, 3.63) is 35.9 Å². The molecule has 1 aromatic carbocycles. The first kappa shape index (κ1) is 23.6. The Kier molecular flexibility index (Phi) is 12.4. The van der Waals surface area contributed by atoms with E-state index in [4.69, 9.17) is 19.2 Å². The van der Waals surface area contributed by atoms with Gasteiger partial charge in [-0.1, -0.05) is 30.3 Å². The quantitative estimate of drug-likeness (QED) is 0.310. The van der Waals surface area contributed by atoms with E-state index in [2.05, 4.69) is 41.4 Å². The first-order valence-corrected chi connectivity index (χ1v) is 11.1. The van der Waals surface area contributed by atoms with Crippen molar-refractivity contribution < 1.29 is 14.2 Å². The van der Waals surface area contributed by atoms with Gasteiger partial charge >= 0.3 is 0 Å². The van der Waals surface area contributed by atoms with Crippen LogP contribution in [0.25, 0.3) is 0 Å². The molecule has 6 nitrogen and oxygen atoms in total. The van der Waals surface area contributed by atoms with E-state index < -0.39 is 0 Å². The minimum Gasteiger partial charge on any atom is -0.385 e. The van der Waals surface area contributed by atoms with Crippen LogP contribution in [0.4, 0.5) is 0 Å². The Bertz CT molecular complexity index is 546. The maximum absolute atomic E-state index is 5.96. The molecule has 1 heterocycles. The summed E-state index contributed by atoms with van der Waals surface area (Å²) in [4.78, 5) is 7.15. The van der Waals surface area contributed by atoms with Gasteiger partial charge in [-0.15, -0.1) is 0 Å². The average Bonchev–Trinajstić information content (AvgIpc) is 2.76. The first-order chi connectivity index (χ1) is 14.3. The summed E-state index contributed by atoms with van der Waals surface area (Å²) in [5.41, 5.74) is 1.33. The SMILES string of the molecule is CCNC(=NCCCOCCc1ccccc1)N1CCC(OCCCOC)CC1. The standard InChI is InChI=1S/C23H39N3O3/c1-3-24-23(26-15-11-22(12-16-26)29-19-8-17-27-2)25-14-7-18-28-20-13-21-9-5-4-6-10-21/h4-6,9-10,22H,3,7-8,11-20H2,1-2H3,(H,24,25). The number of ether oxygens (including phenoxy) is 3. The van der Waals surface area contributed by atoms with Crippen molar-refractivity contribution in [1.82, 2.24) is 10.2 Å². The molecule has 0 unspecified atom stereocenters. The van der Waals surface area contributed by atoms with Crippen molar-refractivity contribution in [2.45, 2.75) is 45.1 Å². The maximum Gasteiger partial charge on any atom is 0.193 e. The third-order valence-electron chi connectivity index (χ3n) is 5.01. The van der Waals surface area contributed by atoms with Crippen molar-refractivity contribution in [1.29, 1.82) is 0 Å². The Morgan fingerprint density at radius 3 is 2.59 bits per heavy atom. The Morgan fingerprint density at radius 2 is 1.86 bits per heavy atom. The molecule has 2 rings (SSSR count). The van der Waals surface area contributed by atoms with Gasteiger partial charge in [0.25, 0.3) is 0 Å². The zero-order valence-corrected chi connectivity index (χ0v) is 18.3. The van der Waals surface area contributed by atoms with E-state index in [0.29, 0.717) is 6.10 Å². The van der Waals surface area contributed by atoms with Crippen LogP contribution in [0.1, 0.15) is 38.2 Å². The number of hydrogen-bond acceptors (Lipinski definition) is 4. The largest absolute Gasteiger partial charge is 0.385 e. The average molecular weight is 406 g/mol. The van der Waals surface area contributed by atoms with Gasteiger partial charge in [0.05, 0.1) is 12.7 Å². The van der Waals surface area contributed by atoms with Gasteiger partial charge in [-0.05, 0) is 44.6 Å². The smallest absolute Gasteiger partial charge is 0.193 e. The molecule has 0 radical (unpaired) electrons. The number of aliphatic imine (C=N–C) groups is 1. The molecule has 164 valence electrons. The number of likely N-dealkylation sites (tertiary alicyclic amines) is 1. The van der Waals surface area contributed by atoms with Gasteiger partial charge in [-0.2, -0.15) is 0 Å². The molecule has 0 saturated carbocycles. The van der Waals surface area contributed by atoms with Crippen LogP contribution in [0, 0.1) is 0 Å². The van der Waals surface area contributed by atoms with Crippen LogP contribution in [0.2, 0.25) is 0 Å². The minimum absolute atomic E-state index is 0.365. The van der Waals surface area contributed by atoms with Crippen molar-refractivity contribution in [2.75, 3.05) is 59.7 Å². The molecule has 0 atom stereocenters. The Morgan fingerprint density at radius 1 is 1.07 bits per heavy atom. The minimum atomic E-state index is 0.365. The van der Waals surface area contributed by atoms with Crippen LogP contribution < -0.4 is 5.32 Å². The third-order valence-corrected chi connectivity index (χ3v) is 5.01. The van der Waals surface area contributed by atoms with Crippen LogP contribution in [0.15, 0.2) is 35.3 Å². The van der Waals surface area contributed by atoms with Gasteiger partial charge in [0.1, 0.15) is 0 Å². The lowest BCUT2D eigenvalue weighted by molar-refractivity contribution is 0.00990. The fraction of sp³-hybridized carbons (Fsp3) is 0.696. The molecule has 0 aliphatic carbocycles. The number of piperidine rings is 1. The van der Waals surface area contributed by atoms with Gasteiger partial charge in [-0.3, -0.25) is 4.99 Å². The predicted octanol–water partition coefficient (Wildman–Crippen LogP) is 3.12. The van der Waals surface area contributed by atoms with E-state index in [0.717, 1.165) is 90.7 Å². The monoisotopic (exact) mass is 405 g/mol. The molecule has 1 saturated heterocycles. The molecule has 6 heteroatoms. The summed E-state index contributed by atoms with van der Waals surface area (Å²) >= 11 is 0. The summed E-state index contributed by atoms with van der Waals surface area (Å²) in [6, 6.07) is 10.5. The van der Waals surface area contributed by atoms with E-state index >= 15 is 0 Å². The van der Waals surface area contributed by atoms with Gasteiger partial charge in [0, 0.05) is 53.1 Å². The Hall–Kier alpha value is -1.63. The van der Waals surface area contributed by atoms with Crippen molar-refractivity contribution in [2.24, 2.45) is 4.99 Å². The summed E-state index contributed by atoms with van der Waals surface area (Å²) in [5.74, 6) is 1.02. The molecule has 0 aromatic heterocycles. The molecular weight excluding hydrogens is 366 g/mol. The van der Waals surface area contributed by atoms with Crippen LogP contribution >= 0.6 is 0 Å². The highest BCUT2D eigenvalue weighted by atomic mass is 16.5. The predicted molar refractivity (Wildman–Crippen MR) is 119 cm³/mol. The first-order valence-electron chi connectivity index (χ1n) is 11.1. The van der Waals surface area contributed by atoms with Gasteiger partial charge < -0.3 is 24.4 Å². The third kappa shape index (κ3) is 10.1. The fourth-order valence-electron chi connectivity index (χ4n) is 3.40. The summed E-state index contributed by atoms with van der Waals surface area (Å²) in [5, 5.41) is 3.43. The topological polar surface area (TPSA) is 55.3 Å². The summed E-state index contributed by atoms with van der Waals surface area (Å²) in [6.45, 7) is 8.87. The molecule has 1 fully saturated rings. The summed E-state index contributed by atoms with van der Waals surface area (Å²) in [7, 11) is 1.73. The van der Waals surface area contributed by atoms with E-state index in [1.807, 2.05) is 6.07 Å². The molecule has 1 aliphatic rings. The highest BCUT2D eigenvalue weighted by Crippen LogP contribution is 2.14. The van der Waals surface area contributed by atoms with Crippen molar-refractivity contribution in [3.8, 4) is 0 Å². The lowest BCUT2D eigenvalue weighted by Gasteiger charge is -2.34. The molecular formula is C23H39N3O3. The number of methoxy groups -OCH3 is 1. The van der Waals surface area contributed by atoms with Crippen molar-refractivity contribution in [3.63, 3.8) is 0 Å². The van der Waals surface area contributed by atoms with E-state index in [1.54, 1.807) is 7.11 Å². The fourth-order valence-corrected chi connectivity index (χ4v) is 3.40. The second-order valence-electron chi connectivity index (χ2n) is 7.34. The second-order valence-corrected chi connectivity index (χ2v) is 7.34. The molecule has 29 heavy (non-hydrogen) atoms. The normalized spacial score (nSPS) is 15.7. The summed E-state index contributed by atoms with van der Waals surface area (Å²) in [6.07, 6.45) is 5.36. The second kappa shape index (κ2) is 15.2. The number of rotatable bonds is 13. The maximum atomic E-state index is 5.96. The highest BCUT2D eigenvalue weighted by molar-refractivity contribution is 5.80. The number of benzene rings is 1. The van der Waals surface area contributed by atoms with Crippen LogP contribution in [0.3, 0.4) is 0 Å². The Balaban J connectivity index is 1.60. The van der Waals surface area contributed by atoms with E-state index in [-0.39, 0.29) is 0 Å². The van der Waals surface area contributed by atoms with Gasteiger partial charge in [-0.25, -0.2) is 0 Å². The molecule has 0 amide bonds. The zero-order valence-electron chi connectivity index (χ0n) is 18.3. The molecule has 1 aromatic rings. The molecule has 1 N–H and O–H groups in total. The van der Waals surface area contributed by atoms with E-state index in [9.17, 15) is 0 Å². The van der Waals surface area contributed by atoms with Gasteiger partial charge in [0.15, 0.2) is 5.96 Å². The van der Waals surface area contributed by atoms with Crippen LogP contribution in [-0.2, 0) is 20.6 Å². The highest BCUT2D eigenvalue weighted by Gasteiger charge is 2.21. The molecule has 0 bridgehead atoms. The number of guanidine groups is 1. The zero-order chi connectivity index (χ0) is 20.6. The lowest BCUT2D eigenvalue weighted by atomic mass is 10.1. The van der Waals surface area contributed by atoms with E-state index in [1.165, 1.54) is 5.56 Å². The van der Waals surface area contributed by atoms with Crippen LogP contribution in [-0.4, -0.2) is 76.7 Å². The van der Waals surface area contributed by atoms with Crippen LogP contribution in [0.5, 0.6) is 0 Å².